The Hall–Kier alpha value is -1.42. The monoisotopic (exact) mass is 353 g/mol. The van der Waals surface area contributed by atoms with Crippen LogP contribution < -0.4 is 0 Å². The number of carbonyl (C=O) groups is 1. The zero-order valence-electron chi connectivity index (χ0n) is 15.8. The molecule has 0 N–H and O–H groups in total. The van der Waals surface area contributed by atoms with E-state index in [1.54, 1.807) is 0 Å². The topological polar surface area (TPSA) is 36.4 Å². The highest BCUT2D eigenvalue weighted by Gasteiger charge is 2.62. The number of amides is 1. The Morgan fingerprint density at radius 2 is 1.69 bits per heavy atom. The Bertz CT molecular complexity index is 643. The molecule has 26 heavy (non-hydrogen) atoms. The molecule has 4 nitrogen and oxygen atoms in total. The SMILES string of the molecule is O=C1N(C2CCN(CC3CC3)CC2)C(c2ccncc2)C12CCCCC2. The second-order valence-electron chi connectivity index (χ2n) is 9.09. The molecule has 0 bridgehead atoms. The van der Waals surface area contributed by atoms with Gasteiger partial charge in [-0.05, 0) is 62.1 Å². The van der Waals surface area contributed by atoms with E-state index in [1.807, 2.05) is 12.4 Å². The minimum Gasteiger partial charge on any atom is -0.331 e. The molecule has 4 heteroatoms. The molecule has 5 rings (SSSR count). The van der Waals surface area contributed by atoms with E-state index < -0.39 is 0 Å². The van der Waals surface area contributed by atoms with Gasteiger partial charge in [-0.2, -0.15) is 0 Å². The van der Waals surface area contributed by atoms with Crippen LogP contribution in [-0.2, 0) is 4.79 Å². The first-order chi connectivity index (χ1) is 12.8. The average Bonchev–Trinajstić information content (AvgIpc) is 3.52. The molecule has 0 aromatic carbocycles. The van der Waals surface area contributed by atoms with E-state index in [4.69, 9.17) is 0 Å². The van der Waals surface area contributed by atoms with Crippen LogP contribution in [0.1, 0.15) is 69.4 Å². The standard InChI is InChI=1S/C22H31N3O/c26-21-22(10-2-1-3-11-22)20(18-6-12-23-13-7-18)25(21)19-8-14-24(15-9-19)16-17-4-5-17/h6-7,12-13,17,19-20H,1-5,8-11,14-16H2. The number of likely N-dealkylation sites (tertiary alicyclic amines) is 2. The fourth-order valence-corrected chi connectivity index (χ4v) is 5.81. The van der Waals surface area contributed by atoms with E-state index >= 15 is 0 Å². The molecule has 1 atom stereocenters. The number of piperidine rings is 1. The maximum Gasteiger partial charge on any atom is 0.232 e. The van der Waals surface area contributed by atoms with Crippen molar-refractivity contribution in [3.05, 3.63) is 30.1 Å². The Balaban J connectivity index is 1.34. The van der Waals surface area contributed by atoms with Crippen LogP contribution in [0, 0.1) is 11.3 Å². The van der Waals surface area contributed by atoms with E-state index in [-0.39, 0.29) is 5.41 Å². The molecular weight excluding hydrogens is 322 g/mol. The highest BCUT2D eigenvalue weighted by Crippen LogP contribution is 2.59. The van der Waals surface area contributed by atoms with Crippen LogP contribution in [0.2, 0.25) is 0 Å². The first kappa shape index (κ1) is 16.7. The lowest BCUT2D eigenvalue weighted by molar-refractivity contribution is -0.186. The Kier molecular flexibility index (Phi) is 4.27. The highest BCUT2D eigenvalue weighted by molar-refractivity contribution is 5.91. The molecule has 2 saturated heterocycles. The second kappa shape index (κ2) is 6.63. The lowest BCUT2D eigenvalue weighted by Gasteiger charge is -2.61. The Labute approximate surface area is 157 Å². The maximum absolute atomic E-state index is 13.4. The summed E-state index contributed by atoms with van der Waals surface area (Å²) >= 11 is 0. The molecule has 2 saturated carbocycles. The molecule has 3 heterocycles. The zero-order valence-corrected chi connectivity index (χ0v) is 15.8. The van der Waals surface area contributed by atoms with E-state index in [2.05, 4.69) is 26.9 Å². The van der Waals surface area contributed by atoms with Crippen LogP contribution in [0.5, 0.6) is 0 Å². The van der Waals surface area contributed by atoms with Crippen molar-refractivity contribution in [1.29, 1.82) is 0 Å². The molecule has 1 aromatic rings. The molecule has 4 aliphatic rings. The van der Waals surface area contributed by atoms with Crippen LogP contribution in [0.4, 0.5) is 0 Å². The normalized spacial score (nSPS) is 29.8. The fourth-order valence-electron chi connectivity index (χ4n) is 5.81. The molecule has 2 aliphatic heterocycles. The van der Waals surface area contributed by atoms with E-state index in [9.17, 15) is 4.79 Å². The van der Waals surface area contributed by atoms with Crippen molar-refractivity contribution < 1.29 is 4.79 Å². The third-order valence-electron chi connectivity index (χ3n) is 7.39. The molecule has 1 unspecified atom stereocenters. The van der Waals surface area contributed by atoms with Crippen molar-refractivity contribution in [2.75, 3.05) is 19.6 Å². The number of hydrogen-bond donors (Lipinski definition) is 0. The highest BCUT2D eigenvalue weighted by atomic mass is 16.2. The number of carbonyl (C=O) groups excluding carboxylic acids is 1. The number of hydrogen-bond acceptors (Lipinski definition) is 3. The molecule has 1 aromatic heterocycles. The van der Waals surface area contributed by atoms with Crippen molar-refractivity contribution in [3.8, 4) is 0 Å². The van der Waals surface area contributed by atoms with Crippen molar-refractivity contribution >= 4 is 5.91 Å². The first-order valence-electron chi connectivity index (χ1n) is 10.7. The van der Waals surface area contributed by atoms with Crippen molar-refractivity contribution in [1.82, 2.24) is 14.8 Å². The first-order valence-corrected chi connectivity index (χ1v) is 10.7. The molecule has 1 spiro atoms. The Morgan fingerprint density at radius 1 is 1.00 bits per heavy atom. The summed E-state index contributed by atoms with van der Waals surface area (Å²) in [5, 5.41) is 0. The van der Waals surface area contributed by atoms with Crippen LogP contribution in [-0.4, -0.2) is 46.4 Å². The van der Waals surface area contributed by atoms with E-state index in [1.165, 1.54) is 57.3 Å². The minimum absolute atomic E-state index is 0.106. The van der Waals surface area contributed by atoms with Gasteiger partial charge in [0.1, 0.15) is 0 Å². The van der Waals surface area contributed by atoms with Gasteiger partial charge in [-0.1, -0.05) is 19.3 Å². The third kappa shape index (κ3) is 2.77. The van der Waals surface area contributed by atoms with Gasteiger partial charge in [0.05, 0.1) is 11.5 Å². The molecule has 4 fully saturated rings. The summed E-state index contributed by atoms with van der Waals surface area (Å²) in [7, 11) is 0. The molecule has 2 aliphatic carbocycles. The molecule has 1 amide bonds. The summed E-state index contributed by atoms with van der Waals surface area (Å²) < 4.78 is 0. The van der Waals surface area contributed by atoms with Gasteiger partial charge >= 0.3 is 0 Å². The Morgan fingerprint density at radius 3 is 2.35 bits per heavy atom. The second-order valence-corrected chi connectivity index (χ2v) is 9.09. The van der Waals surface area contributed by atoms with Gasteiger partial charge in [0.2, 0.25) is 5.91 Å². The van der Waals surface area contributed by atoms with Crippen molar-refractivity contribution in [3.63, 3.8) is 0 Å². The van der Waals surface area contributed by atoms with Crippen LogP contribution >= 0.6 is 0 Å². The fraction of sp³-hybridized carbons (Fsp3) is 0.727. The van der Waals surface area contributed by atoms with Gasteiger partial charge in [0, 0.05) is 38.1 Å². The largest absolute Gasteiger partial charge is 0.331 e. The van der Waals surface area contributed by atoms with Gasteiger partial charge in [0.25, 0.3) is 0 Å². The van der Waals surface area contributed by atoms with Crippen LogP contribution in [0.3, 0.4) is 0 Å². The van der Waals surface area contributed by atoms with Gasteiger partial charge in [-0.3, -0.25) is 9.78 Å². The van der Waals surface area contributed by atoms with Gasteiger partial charge in [-0.25, -0.2) is 0 Å². The lowest BCUT2D eigenvalue weighted by atomic mass is 9.59. The van der Waals surface area contributed by atoms with Gasteiger partial charge in [0.15, 0.2) is 0 Å². The van der Waals surface area contributed by atoms with Crippen molar-refractivity contribution in [2.45, 2.75) is 69.9 Å². The summed E-state index contributed by atoms with van der Waals surface area (Å²) in [5.41, 5.74) is 1.20. The molecule has 140 valence electrons. The van der Waals surface area contributed by atoms with E-state index in [0.29, 0.717) is 18.0 Å². The quantitative estimate of drug-likeness (QED) is 0.773. The minimum atomic E-state index is -0.106. The zero-order chi connectivity index (χ0) is 17.6. The van der Waals surface area contributed by atoms with Gasteiger partial charge < -0.3 is 9.80 Å². The van der Waals surface area contributed by atoms with E-state index in [0.717, 1.165) is 31.6 Å². The molecular formula is C22H31N3O. The predicted molar refractivity (Wildman–Crippen MR) is 102 cm³/mol. The number of β-lactam (4-membered cyclic amide) rings is 1. The summed E-state index contributed by atoms with van der Waals surface area (Å²) in [4.78, 5) is 22.5. The average molecular weight is 354 g/mol. The molecule has 0 radical (unpaired) electrons. The summed E-state index contributed by atoms with van der Waals surface area (Å²) in [5.74, 6) is 1.42. The number of aromatic nitrogens is 1. The third-order valence-corrected chi connectivity index (χ3v) is 7.39. The smallest absolute Gasteiger partial charge is 0.232 e. The summed E-state index contributed by atoms with van der Waals surface area (Å²) in [6.07, 6.45) is 14.8. The maximum atomic E-state index is 13.4. The van der Waals surface area contributed by atoms with Crippen LogP contribution in [0.25, 0.3) is 0 Å². The van der Waals surface area contributed by atoms with Crippen LogP contribution in [0.15, 0.2) is 24.5 Å². The van der Waals surface area contributed by atoms with Gasteiger partial charge in [-0.15, -0.1) is 0 Å². The summed E-state index contributed by atoms with van der Waals surface area (Å²) in [6.45, 7) is 3.63. The summed E-state index contributed by atoms with van der Waals surface area (Å²) in [6, 6.07) is 5.01. The number of pyridine rings is 1. The number of nitrogens with zero attached hydrogens (tertiary/aromatic N) is 3. The van der Waals surface area contributed by atoms with Crippen molar-refractivity contribution in [2.24, 2.45) is 11.3 Å². The predicted octanol–water partition coefficient (Wildman–Crippen LogP) is 3.79. The lowest BCUT2D eigenvalue weighted by Crippen LogP contribution is -2.67. The number of rotatable bonds is 4.